The Morgan fingerprint density at radius 3 is 2.71 bits per heavy atom. The summed E-state index contributed by atoms with van der Waals surface area (Å²) in [6.45, 7) is 0. The van der Waals surface area contributed by atoms with Crippen molar-refractivity contribution in [2.75, 3.05) is 6.26 Å². The van der Waals surface area contributed by atoms with Gasteiger partial charge in [-0.2, -0.15) is 0 Å². The van der Waals surface area contributed by atoms with E-state index in [9.17, 15) is 0 Å². The average Bonchev–Trinajstić information content (AvgIpc) is 2.31. The first-order chi connectivity index (χ1) is 7.74. The van der Waals surface area contributed by atoms with Crippen molar-refractivity contribution in [3.05, 3.63) is 35.5 Å². The summed E-state index contributed by atoms with van der Waals surface area (Å²) < 4.78 is 0.632. The van der Waals surface area contributed by atoms with Gasteiger partial charge in [0.05, 0.1) is 5.69 Å². The molecule has 98 valence electrons. The molecule has 1 heterocycles. The molecule has 0 unspecified atom stereocenters. The summed E-state index contributed by atoms with van der Waals surface area (Å²) in [6, 6.07) is 5.61. The quantitative estimate of drug-likeness (QED) is 0.191. The minimum absolute atomic E-state index is 0. The largest absolute Gasteiger partial charge is 0.870 e. The third-order valence-corrected chi connectivity index (χ3v) is 2.29. The Kier molecular flexibility index (Phi) is 16.4. The predicted molar refractivity (Wildman–Crippen MR) is 76.1 cm³/mol. The smallest absolute Gasteiger partial charge is 0.870 e. The van der Waals surface area contributed by atoms with Gasteiger partial charge in [-0.3, -0.25) is 4.98 Å². The molecule has 0 aliphatic rings. The summed E-state index contributed by atoms with van der Waals surface area (Å²) in [5, 5.41) is 3.82. The molecule has 0 fully saturated rings. The Bertz CT molecular complexity index is 330. The zero-order valence-corrected chi connectivity index (χ0v) is 13.6. The van der Waals surface area contributed by atoms with E-state index in [1.54, 1.807) is 12.4 Å². The van der Waals surface area contributed by atoms with E-state index in [-0.39, 0.29) is 20.6 Å². The molecule has 0 aromatic carbocycles. The van der Waals surface area contributed by atoms with Gasteiger partial charge in [-0.25, -0.2) is 0 Å². The van der Waals surface area contributed by atoms with Crippen molar-refractivity contribution in [2.24, 2.45) is 5.10 Å². The van der Waals surface area contributed by atoms with E-state index in [0.29, 0.717) is 4.32 Å². The van der Waals surface area contributed by atoms with Crippen molar-refractivity contribution in [1.29, 1.82) is 0 Å². The molecule has 0 bridgehead atoms. The fourth-order valence-corrected chi connectivity index (χ4v) is 0.811. The average molecular weight is 400 g/mol. The van der Waals surface area contributed by atoms with Gasteiger partial charge in [0.1, 0.15) is 0 Å². The number of aromatic nitrogens is 1. The first-order valence-electron chi connectivity index (χ1n) is 3.84. The molecule has 4 nitrogen and oxygen atoms in total. The van der Waals surface area contributed by atoms with Gasteiger partial charge >= 0.3 is 34.5 Å². The molecule has 0 aliphatic heterocycles. The van der Waals surface area contributed by atoms with Crippen molar-refractivity contribution >= 4 is 53.9 Å². The molecule has 0 saturated carbocycles. The van der Waals surface area contributed by atoms with Crippen LogP contribution in [0.15, 0.2) is 29.5 Å². The molecule has 1 rings (SSSR count). The molecule has 9 heteroatoms. The van der Waals surface area contributed by atoms with Crippen LogP contribution in [0, 0.1) is 0 Å². The van der Waals surface area contributed by atoms with Crippen molar-refractivity contribution in [3.63, 3.8) is 0 Å². The summed E-state index contributed by atoms with van der Waals surface area (Å²) in [5.41, 5.74) is 4.60. The van der Waals surface area contributed by atoms with E-state index in [1.165, 1.54) is 11.8 Å². The first kappa shape index (κ1) is 19.6. The fraction of sp³-hybridized carbons (Fsp3) is 0.125. The molecule has 0 saturated heterocycles. The summed E-state index contributed by atoms with van der Waals surface area (Å²) in [6.07, 6.45) is 5.19. The maximum absolute atomic E-state index is 4.85. The molecule has 0 aliphatic carbocycles. The number of thiol groups is 1. The first-order valence-corrected chi connectivity index (χ1v) is 9.99. The van der Waals surface area contributed by atoms with Crippen LogP contribution in [0.1, 0.15) is 5.69 Å². The third-order valence-electron chi connectivity index (χ3n) is 1.20. The second-order valence-corrected chi connectivity index (χ2v) is 6.30. The summed E-state index contributed by atoms with van der Waals surface area (Å²) in [4.78, 5) is 4.05. The van der Waals surface area contributed by atoms with Crippen LogP contribution < -0.4 is 0 Å². The van der Waals surface area contributed by atoms with Crippen LogP contribution in [-0.2, 0) is 27.4 Å². The van der Waals surface area contributed by atoms with Gasteiger partial charge in [0, 0.05) is 12.4 Å². The van der Waals surface area contributed by atoms with Crippen molar-refractivity contribution < 1.29 is 20.6 Å². The molecular formula is C8H10Cl2N3ORuS2-. The van der Waals surface area contributed by atoms with Crippen LogP contribution in [0.25, 0.3) is 5.43 Å². The normalized spacial score (nSPS) is 9.12. The van der Waals surface area contributed by atoms with E-state index < -0.39 is 0 Å². The maximum atomic E-state index is 4.85. The maximum Gasteiger partial charge on any atom is -0.870 e. The Hall–Kier alpha value is 0.223. The van der Waals surface area contributed by atoms with Gasteiger partial charge < -0.3 is 16.0 Å². The van der Waals surface area contributed by atoms with Gasteiger partial charge in [0.15, 0.2) is 16.5 Å². The van der Waals surface area contributed by atoms with Gasteiger partial charge in [0.25, 0.3) is 0 Å². The summed E-state index contributed by atoms with van der Waals surface area (Å²) in [7, 11) is 9.71. The molecular weight excluding hydrogens is 390 g/mol. The summed E-state index contributed by atoms with van der Waals surface area (Å²) >= 11 is 5.15. The fourth-order valence-electron chi connectivity index (χ4n) is 0.631. The van der Waals surface area contributed by atoms with E-state index in [0.717, 1.165) is 5.69 Å². The van der Waals surface area contributed by atoms with E-state index >= 15 is 0 Å². The molecule has 1 N–H and O–H groups in total. The van der Waals surface area contributed by atoms with Gasteiger partial charge in [0.2, 0.25) is 0 Å². The third kappa shape index (κ3) is 12.5. The number of hydrogen-bond donors (Lipinski definition) is 0. The van der Waals surface area contributed by atoms with Crippen molar-refractivity contribution in [2.45, 2.75) is 0 Å². The van der Waals surface area contributed by atoms with Gasteiger partial charge in [-0.1, -0.05) is 17.8 Å². The van der Waals surface area contributed by atoms with Gasteiger partial charge in [-0.05, 0) is 18.4 Å². The number of rotatable bonds is 2. The van der Waals surface area contributed by atoms with Crippen LogP contribution in [-0.4, -0.2) is 27.3 Å². The second-order valence-electron chi connectivity index (χ2n) is 2.14. The van der Waals surface area contributed by atoms with Crippen molar-refractivity contribution in [3.8, 4) is 0 Å². The SMILES string of the molecule is CSC(=[SH+])[N-]N=Cc1ccccn1.[Cl][Ru][Cl].[OH-]. The Morgan fingerprint density at radius 1 is 1.59 bits per heavy atom. The minimum atomic E-state index is -0.346. The Balaban J connectivity index is 0. The number of halogens is 2. The zero-order valence-electron chi connectivity index (χ0n) is 8.64. The minimum Gasteiger partial charge on any atom is -0.870 e. The standard InChI is InChI=1S/C8H9N3S2.2ClH.H2O.Ru/c1-13-8(12)11-10-6-7-4-2-3-5-9-7;;;;/h2-6H,1H3,(H,9,11,12);2*1H;1H2;/q;;;;+2/p-3. The van der Waals surface area contributed by atoms with Crippen molar-refractivity contribution in [1.82, 2.24) is 4.98 Å². The van der Waals surface area contributed by atoms with Gasteiger partial charge in [-0.15, -0.1) is 0 Å². The van der Waals surface area contributed by atoms with Crippen LogP contribution >= 0.6 is 31.1 Å². The monoisotopic (exact) mass is 400 g/mol. The molecule has 17 heavy (non-hydrogen) atoms. The van der Waals surface area contributed by atoms with E-state index in [1.807, 2.05) is 24.5 Å². The van der Waals surface area contributed by atoms with Crippen LogP contribution in [0.3, 0.4) is 0 Å². The Morgan fingerprint density at radius 2 is 2.24 bits per heavy atom. The van der Waals surface area contributed by atoms with Crippen LogP contribution in [0.4, 0.5) is 0 Å². The molecule has 0 radical (unpaired) electrons. The number of hydrogen-bond acceptors (Lipinski definition) is 4. The molecule has 0 amide bonds. The molecule has 0 atom stereocenters. The molecule has 1 aromatic heterocycles. The number of nitrogens with zero attached hydrogens (tertiary/aromatic N) is 3. The topological polar surface area (TPSA) is 69.3 Å². The Labute approximate surface area is 126 Å². The predicted octanol–water partition coefficient (Wildman–Crippen LogP) is 2.72. The van der Waals surface area contributed by atoms with Crippen LogP contribution in [0.2, 0.25) is 0 Å². The van der Waals surface area contributed by atoms with Crippen LogP contribution in [0.5, 0.6) is 0 Å². The second kappa shape index (κ2) is 14.3. The zero-order chi connectivity index (χ0) is 12.2. The van der Waals surface area contributed by atoms with E-state index in [4.69, 9.17) is 19.4 Å². The van der Waals surface area contributed by atoms with E-state index in [2.05, 4.69) is 27.7 Å². The number of pyridine rings is 1. The molecule has 0 spiro atoms. The summed E-state index contributed by atoms with van der Waals surface area (Å²) in [5.74, 6) is 0. The number of thioether (sulfide) groups is 1. The molecule has 1 aromatic rings.